The SMILES string of the molecule is O=C(O)c1ccc2c(c1)Sc1cc(F)ccc1C(O)C2. The second-order valence-corrected chi connectivity index (χ2v) is 5.72. The molecule has 0 amide bonds. The maximum atomic E-state index is 13.3. The molecule has 1 unspecified atom stereocenters. The third-order valence-corrected chi connectivity index (χ3v) is 4.46. The average molecular weight is 290 g/mol. The number of aliphatic hydroxyl groups is 1. The normalized spacial score (nSPS) is 17.0. The van der Waals surface area contributed by atoms with Crippen molar-refractivity contribution in [3.05, 3.63) is 58.9 Å². The van der Waals surface area contributed by atoms with Crippen LogP contribution in [0.25, 0.3) is 0 Å². The number of carbonyl (C=O) groups is 1. The van der Waals surface area contributed by atoms with E-state index in [1.807, 2.05) is 0 Å². The number of fused-ring (bicyclic) bond motifs is 2. The molecule has 1 aliphatic rings. The molecule has 0 aromatic heterocycles. The average Bonchev–Trinajstić information content (AvgIpc) is 2.53. The van der Waals surface area contributed by atoms with Gasteiger partial charge in [0.2, 0.25) is 0 Å². The van der Waals surface area contributed by atoms with E-state index in [2.05, 4.69) is 0 Å². The molecule has 0 saturated carbocycles. The first kappa shape index (κ1) is 13.1. The van der Waals surface area contributed by atoms with E-state index in [0.717, 1.165) is 10.5 Å². The lowest BCUT2D eigenvalue weighted by atomic mass is 10.0. The molecule has 1 aliphatic heterocycles. The zero-order valence-corrected chi connectivity index (χ0v) is 11.2. The fourth-order valence-corrected chi connectivity index (χ4v) is 3.46. The fourth-order valence-electron chi connectivity index (χ4n) is 2.26. The van der Waals surface area contributed by atoms with E-state index in [1.54, 1.807) is 18.2 Å². The standard InChI is InChI=1S/C15H11FO3S/c16-10-3-4-11-12(17)5-8-1-2-9(15(18)19)6-13(8)20-14(11)7-10/h1-4,6-7,12,17H,5H2,(H,18,19). The van der Waals surface area contributed by atoms with Crippen LogP contribution in [0, 0.1) is 5.82 Å². The minimum absolute atomic E-state index is 0.186. The number of carboxylic acids is 1. The van der Waals surface area contributed by atoms with Crippen LogP contribution in [-0.4, -0.2) is 16.2 Å². The highest BCUT2D eigenvalue weighted by atomic mass is 32.2. The summed E-state index contributed by atoms with van der Waals surface area (Å²) in [7, 11) is 0. The highest BCUT2D eigenvalue weighted by Gasteiger charge is 2.22. The number of rotatable bonds is 1. The van der Waals surface area contributed by atoms with Crippen LogP contribution in [0.15, 0.2) is 46.2 Å². The van der Waals surface area contributed by atoms with Gasteiger partial charge < -0.3 is 10.2 Å². The molecular formula is C15H11FO3S. The second kappa shape index (κ2) is 4.92. The summed E-state index contributed by atoms with van der Waals surface area (Å²) in [5.41, 5.74) is 1.72. The van der Waals surface area contributed by atoms with Crippen molar-refractivity contribution < 1.29 is 19.4 Å². The van der Waals surface area contributed by atoms with E-state index in [1.165, 1.54) is 30.0 Å². The molecule has 0 aliphatic carbocycles. The van der Waals surface area contributed by atoms with Gasteiger partial charge in [0.15, 0.2) is 0 Å². The van der Waals surface area contributed by atoms with Crippen molar-refractivity contribution in [3.8, 4) is 0 Å². The number of hydrogen-bond acceptors (Lipinski definition) is 3. The fraction of sp³-hybridized carbons (Fsp3) is 0.133. The van der Waals surface area contributed by atoms with Gasteiger partial charge in [-0.2, -0.15) is 0 Å². The third-order valence-electron chi connectivity index (χ3n) is 3.28. The molecule has 0 spiro atoms. The Hall–Kier alpha value is -1.85. The molecule has 0 saturated heterocycles. The highest BCUT2D eigenvalue weighted by Crippen LogP contribution is 2.41. The maximum absolute atomic E-state index is 13.3. The summed E-state index contributed by atoms with van der Waals surface area (Å²) >= 11 is 1.29. The molecule has 1 atom stereocenters. The molecular weight excluding hydrogens is 279 g/mol. The van der Waals surface area contributed by atoms with Gasteiger partial charge in [0.1, 0.15) is 5.82 Å². The maximum Gasteiger partial charge on any atom is 0.335 e. The van der Waals surface area contributed by atoms with Crippen LogP contribution in [0.3, 0.4) is 0 Å². The molecule has 3 rings (SSSR count). The van der Waals surface area contributed by atoms with Gasteiger partial charge in [0.05, 0.1) is 11.7 Å². The van der Waals surface area contributed by atoms with Gasteiger partial charge in [-0.3, -0.25) is 0 Å². The number of benzene rings is 2. The molecule has 2 N–H and O–H groups in total. The Balaban J connectivity index is 2.12. The van der Waals surface area contributed by atoms with E-state index in [4.69, 9.17) is 5.11 Å². The van der Waals surface area contributed by atoms with E-state index in [-0.39, 0.29) is 11.4 Å². The van der Waals surface area contributed by atoms with E-state index in [9.17, 15) is 14.3 Å². The molecule has 0 fully saturated rings. The van der Waals surface area contributed by atoms with Crippen LogP contribution >= 0.6 is 11.8 Å². The molecule has 2 aromatic carbocycles. The summed E-state index contributed by atoms with van der Waals surface area (Å²) in [5.74, 6) is -1.38. The monoisotopic (exact) mass is 290 g/mol. The first-order chi connectivity index (χ1) is 9.54. The Kier molecular flexibility index (Phi) is 3.23. The van der Waals surface area contributed by atoms with Crippen LogP contribution in [0.2, 0.25) is 0 Å². The largest absolute Gasteiger partial charge is 0.478 e. The van der Waals surface area contributed by atoms with Crippen LogP contribution in [0.5, 0.6) is 0 Å². The summed E-state index contributed by atoms with van der Waals surface area (Å²) in [5, 5.41) is 19.2. The minimum Gasteiger partial charge on any atom is -0.478 e. The predicted molar refractivity (Wildman–Crippen MR) is 72.6 cm³/mol. The molecule has 3 nitrogen and oxygen atoms in total. The lowest BCUT2D eigenvalue weighted by Crippen LogP contribution is -2.02. The first-order valence-electron chi connectivity index (χ1n) is 6.06. The Bertz CT molecular complexity index is 700. The molecule has 0 radical (unpaired) electrons. The minimum atomic E-state index is -1.00. The zero-order valence-electron chi connectivity index (χ0n) is 10.3. The quantitative estimate of drug-likeness (QED) is 0.846. The predicted octanol–water partition coefficient (Wildman–Crippen LogP) is 3.26. The molecule has 1 heterocycles. The van der Waals surface area contributed by atoms with E-state index >= 15 is 0 Å². The molecule has 5 heteroatoms. The smallest absolute Gasteiger partial charge is 0.335 e. The van der Waals surface area contributed by atoms with Crippen molar-refractivity contribution >= 4 is 17.7 Å². The summed E-state index contributed by atoms with van der Waals surface area (Å²) < 4.78 is 13.3. The summed E-state index contributed by atoms with van der Waals surface area (Å²) in [6, 6.07) is 9.05. The first-order valence-corrected chi connectivity index (χ1v) is 6.88. The highest BCUT2D eigenvalue weighted by molar-refractivity contribution is 7.99. The van der Waals surface area contributed by atoms with E-state index in [0.29, 0.717) is 16.9 Å². The Morgan fingerprint density at radius 1 is 1.20 bits per heavy atom. The molecule has 2 aromatic rings. The van der Waals surface area contributed by atoms with Gasteiger partial charge in [-0.05, 0) is 35.4 Å². The molecule has 0 bridgehead atoms. The van der Waals surface area contributed by atoms with Crippen LogP contribution < -0.4 is 0 Å². The van der Waals surface area contributed by atoms with Crippen molar-refractivity contribution in [1.29, 1.82) is 0 Å². The third kappa shape index (κ3) is 2.30. The van der Waals surface area contributed by atoms with E-state index < -0.39 is 12.1 Å². The van der Waals surface area contributed by atoms with Crippen LogP contribution in [-0.2, 0) is 6.42 Å². The van der Waals surface area contributed by atoms with Crippen molar-refractivity contribution in [2.75, 3.05) is 0 Å². The van der Waals surface area contributed by atoms with Gasteiger partial charge in [-0.1, -0.05) is 23.9 Å². The lowest BCUT2D eigenvalue weighted by molar-refractivity contribution is 0.0696. The summed E-state index contributed by atoms with van der Waals surface area (Å²) in [6.45, 7) is 0. The molecule has 102 valence electrons. The van der Waals surface area contributed by atoms with Gasteiger partial charge in [0, 0.05) is 16.2 Å². The van der Waals surface area contributed by atoms with Crippen LogP contribution in [0.1, 0.15) is 27.6 Å². The number of aromatic carboxylic acids is 1. The van der Waals surface area contributed by atoms with Crippen molar-refractivity contribution in [2.45, 2.75) is 22.3 Å². The van der Waals surface area contributed by atoms with Crippen molar-refractivity contribution in [3.63, 3.8) is 0 Å². The Labute approximate surface area is 119 Å². The second-order valence-electron chi connectivity index (χ2n) is 4.63. The van der Waals surface area contributed by atoms with Gasteiger partial charge in [-0.15, -0.1) is 0 Å². The zero-order chi connectivity index (χ0) is 14.3. The summed E-state index contributed by atoms with van der Waals surface area (Å²) in [4.78, 5) is 12.4. The van der Waals surface area contributed by atoms with Crippen molar-refractivity contribution in [2.24, 2.45) is 0 Å². The Morgan fingerprint density at radius 3 is 2.75 bits per heavy atom. The van der Waals surface area contributed by atoms with Gasteiger partial charge in [-0.25, -0.2) is 9.18 Å². The molecule has 20 heavy (non-hydrogen) atoms. The van der Waals surface area contributed by atoms with Crippen LogP contribution in [0.4, 0.5) is 4.39 Å². The van der Waals surface area contributed by atoms with Gasteiger partial charge in [0.25, 0.3) is 0 Å². The number of carboxylic acid groups (broad SMARTS) is 1. The number of halogens is 1. The Morgan fingerprint density at radius 2 is 2.00 bits per heavy atom. The number of hydrogen-bond donors (Lipinski definition) is 2. The van der Waals surface area contributed by atoms with Crippen molar-refractivity contribution in [1.82, 2.24) is 0 Å². The lowest BCUT2D eigenvalue weighted by Gasteiger charge is -2.10. The number of aliphatic hydroxyl groups excluding tert-OH is 1. The topological polar surface area (TPSA) is 57.5 Å². The van der Waals surface area contributed by atoms with Gasteiger partial charge >= 0.3 is 5.97 Å². The summed E-state index contributed by atoms with van der Waals surface area (Å²) in [6.07, 6.45) is -0.323.